The number of anilines is 2. The fourth-order valence-corrected chi connectivity index (χ4v) is 2.74. The molecule has 4 heteroatoms. The lowest BCUT2D eigenvalue weighted by molar-refractivity contribution is 0.439. The van der Waals surface area contributed by atoms with Crippen LogP contribution < -0.4 is 10.6 Å². The van der Waals surface area contributed by atoms with Crippen molar-refractivity contribution in [3.05, 3.63) is 11.8 Å². The van der Waals surface area contributed by atoms with E-state index in [9.17, 15) is 0 Å². The summed E-state index contributed by atoms with van der Waals surface area (Å²) in [5.41, 5.74) is 1.01. The molecule has 1 aliphatic carbocycles. The van der Waals surface area contributed by atoms with Gasteiger partial charge in [0.15, 0.2) is 0 Å². The van der Waals surface area contributed by atoms with E-state index in [1.807, 2.05) is 13.0 Å². The Morgan fingerprint density at radius 2 is 2.11 bits per heavy atom. The molecular formula is C15H26N4. The Kier molecular flexibility index (Phi) is 5.00. The van der Waals surface area contributed by atoms with Crippen molar-refractivity contribution in [1.82, 2.24) is 9.97 Å². The molecule has 0 aromatic carbocycles. The van der Waals surface area contributed by atoms with E-state index in [2.05, 4.69) is 34.4 Å². The van der Waals surface area contributed by atoms with Gasteiger partial charge in [0.2, 0.25) is 5.95 Å². The molecule has 2 rings (SSSR count). The van der Waals surface area contributed by atoms with Gasteiger partial charge in [-0.1, -0.05) is 26.7 Å². The van der Waals surface area contributed by atoms with Gasteiger partial charge in [-0.3, -0.25) is 0 Å². The molecule has 106 valence electrons. The van der Waals surface area contributed by atoms with Crippen molar-refractivity contribution in [2.75, 3.05) is 23.7 Å². The molecule has 1 saturated carbocycles. The molecule has 1 heterocycles. The molecule has 0 radical (unpaired) electrons. The molecule has 2 N–H and O–H groups in total. The molecule has 1 fully saturated rings. The van der Waals surface area contributed by atoms with Crippen LogP contribution in [0.4, 0.5) is 11.8 Å². The topological polar surface area (TPSA) is 49.8 Å². The maximum absolute atomic E-state index is 4.52. The number of nitrogens with one attached hydrogen (secondary N) is 2. The third kappa shape index (κ3) is 4.08. The summed E-state index contributed by atoms with van der Waals surface area (Å²) in [6.07, 6.45) is 5.18. The van der Waals surface area contributed by atoms with Crippen molar-refractivity contribution >= 4 is 11.8 Å². The summed E-state index contributed by atoms with van der Waals surface area (Å²) in [4.78, 5) is 8.93. The van der Waals surface area contributed by atoms with Crippen molar-refractivity contribution in [1.29, 1.82) is 0 Å². The first-order valence-corrected chi connectivity index (χ1v) is 7.52. The van der Waals surface area contributed by atoms with Gasteiger partial charge >= 0.3 is 0 Å². The maximum Gasteiger partial charge on any atom is 0.224 e. The van der Waals surface area contributed by atoms with Gasteiger partial charge in [0.25, 0.3) is 0 Å². The maximum atomic E-state index is 4.52. The van der Waals surface area contributed by atoms with Crippen LogP contribution in [0.25, 0.3) is 0 Å². The van der Waals surface area contributed by atoms with Crippen molar-refractivity contribution in [3.63, 3.8) is 0 Å². The highest BCUT2D eigenvalue weighted by Crippen LogP contribution is 2.31. The SMILES string of the molecule is CCCNc1nc(C)cc(NCC2CCCC2C)n1. The second-order valence-electron chi connectivity index (χ2n) is 5.69. The van der Waals surface area contributed by atoms with Crippen LogP contribution in [0.15, 0.2) is 6.07 Å². The highest BCUT2D eigenvalue weighted by Gasteiger charge is 2.22. The van der Waals surface area contributed by atoms with Gasteiger partial charge in [-0.05, 0) is 31.6 Å². The minimum absolute atomic E-state index is 0.740. The minimum Gasteiger partial charge on any atom is -0.370 e. The molecule has 0 aliphatic heterocycles. The molecule has 1 aliphatic rings. The van der Waals surface area contributed by atoms with Gasteiger partial charge in [0.1, 0.15) is 5.82 Å². The van der Waals surface area contributed by atoms with Crippen LogP contribution >= 0.6 is 0 Å². The summed E-state index contributed by atoms with van der Waals surface area (Å²) in [5.74, 6) is 3.32. The zero-order valence-electron chi connectivity index (χ0n) is 12.4. The van der Waals surface area contributed by atoms with E-state index in [0.717, 1.165) is 48.8 Å². The van der Waals surface area contributed by atoms with Gasteiger partial charge in [-0.15, -0.1) is 0 Å². The first-order chi connectivity index (χ1) is 9.19. The fraction of sp³-hybridized carbons (Fsp3) is 0.733. The Bertz CT molecular complexity index is 405. The lowest BCUT2D eigenvalue weighted by atomic mass is 9.98. The van der Waals surface area contributed by atoms with E-state index < -0.39 is 0 Å². The summed E-state index contributed by atoms with van der Waals surface area (Å²) in [6.45, 7) is 8.47. The Hall–Kier alpha value is -1.32. The average Bonchev–Trinajstić information content (AvgIpc) is 2.79. The van der Waals surface area contributed by atoms with Crippen molar-refractivity contribution in [2.45, 2.75) is 46.5 Å². The molecule has 0 saturated heterocycles. The monoisotopic (exact) mass is 262 g/mol. The van der Waals surface area contributed by atoms with Crippen molar-refractivity contribution in [3.8, 4) is 0 Å². The van der Waals surface area contributed by atoms with Gasteiger partial charge in [0.05, 0.1) is 0 Å². The number of aryl methyl sites for hydroxylation is 1. The number of hydrogen-bond donors (Lipinski definition) is 2. The van der Waals surface area contributed by atoms with Gasteiger partial charge in [-0.25, -0.2) is 4.98 Å². The predicted octanol–water partition coefficient (Wildman–Crippen LogP) is 3.46. The molecule has 2 unspecified atom stereocenters. The number of nitrogens with zero attached hydrogens (tertiary/aromatic N) is 2. The fourth-order valence-electron chi connectivity index (χ4n) is 2.74. The van der Waals surface area contributed by atoms with E-state index in [4.69, 9.17) is 0 Å². The van der Waals surface area contributed by atoms with E-state index >= 15 is 0 Å². The summed E-state index contributed by atoms with van der Waals surface area (Å²) in [5, 5.41) is 6.73. The quantitative estimate of drug-likeness (QED) is 0.824. The number of rotatable bonds is 6. The highest BCUT2D eigenvalue weighted by molar-refractivity contribution is 5.42. The van der Waals surface area contributed by atoms with Crippen LogP contribution in [-0.4, -0.2) is 23.1 Å². The molecule has 19 heavy (non-hydrogen) atoms. The predicted molar refractivity (Wildman–Crippen MR) is 80.5 cm³/mol. The Morgan fingerprint density at radius 3 is 2.79 bits per heavy atom. The van der Waals surface area contributed by atoms with Crippen LogP contribution in [0.1, 0.15) is 45.2 Å². The zero-order valence-corrected chi connectivity index (χ0v) is 12.4. The minimum atomic E-state index is 0.740. The number of hydrogen-bond acceptors (Lipinski definition) is 4. The van der Waals surface area contributed by atoms with E-state index in [1.54, 1.807) is 0 Å². The van der Waals surface area contributed by atoms with E-state index in [0.29, 0.717) is 0 Å². The second-order valence-corrected chi connectivity index (χ2v) is 5.69. The summed E-state index contributed by atoms with van der Waals surface area (Å²) < 4.78 is 0. The van der Waals surface area contributed by atoms with Crippen molar-refractivity contribution in [2.24, 2.45) is 11.8 Å². The molecule has 0 spiro atoms. The first kappa shape index (κ1) is 14.1. The normalized spacial score (nSPS) is 22.5. The van der Waals surface area contributed by atoms with E-state index in [1.165, 1.54) is 19.3 Å². The summed E-state index contributed by atoms with van der Waals surface area (Å²) in [6, 6.07) is 2.02. The summed E-state index contributed by atoms with van der Waals surface area (Å²) in [7, 11) is 0. The molecule has 2 atom stereocenters. The molecule has 0 amide bonds. The summed E-state index contributed by atoms with van der Waals surface area (Å²) >= 11 is 0. The Balaban J connectivity index is 1.93. The Morgan fingerprint density at radius 1 is 1.26 bits per heavy atom. The van der Waals surface area contributed by atoms with Gasteiger partial charge < -0.3 is 10.6 Å². The van der Waals surface area contributed by atoms with Crippen LogP contribution in [-0.2, 0) is 0 Å². The number of aromatic nitrogens is 2. The molecule has 4 nitrogen and oxygen atoms in total. The zero-order chi connectivity index (χ0) is 13.7. The second kappa shape index (κ2) is 6.73. The van der Waals surface area contributed by atoms with Gasteiger partial charge in [0, 0.05) is 24.8 Å². The van der Waals surface area contributed by atoms with E-state index in [-0.39, 0.29) is 0 Å². The average molecular weight is 262 g/mol. The van der Waals surface area contributed by atoms with Crippen LogP contribution in [0, 0.1) is 18.8 Å². The van der Waals surface area contributed by atoms with Crippen LogP contribution in [0.3, 0.4) is 0 Å². The third-order valence-corrected chi connectivity index (χ3v) is 3.97. The van der Waals surface area contributed by atoms with Gasteiger partial charge in [-0.2, -0.15) is 4.98 Å². The largest absolute Gasteiger partial charge is 0.370 e. The van der Waals surface area contributed by atoms with Crippen molar-refractivity contribution < 1.29 is 0 Å². The smallest absolute Gasteiger partial charge is 0.224 e. The first-order valence-electron chi connectivity index (χ1n) is 7.52. The highest BCUT2D eigenvalue weighted by atomic mass is 15.1. The third-order valence-electron chi connectivity index (χ3n) is 3.97. The molecule has 1 aromatic rings. The standard InChI is InChI=1S/C15H26N4/c1-4-8-16-15-18-12(3)9-14(19-15)17-10-13-7-5-6-11(13)2/h9,11,13H,4-8,10H2,1-3H3,(H2,16,17,18,19). The van der Waals surface area contributed by atoms with Crippen LogP contribution in [0.2, 0.25) is 0 Å². The molecule has 0 bridgehead atoms. The molecular weight excluding hydrogens is 236 g/mol. The lowest BCUT2D eigenvalue weighted by Crippen LogP contribution is -2.17. The molecule has 1 aromatic heterocycles. The lowest BCUT2D eigenvalue weighted by Gasteiger charge is -2.17. The Labute approximate surface area is 116 Å². The van der Waals surface area contributed by atoms with Crippen LogP contribution in [0.5, 0.6) is 0 Å².